The van der Waals surface area contributed by atoms with Crippen LogP contribution in [0.5, 0.6) is 0 Å². The molecule has 2 unspecified atom stereocenters. The van der Waals surface area contributed by atoms with E-state index in [2.05, 4.69) is 5.32 Å². The Balaban J connectivity index is 2.65. The molecular weight excluding hydrogens is 246 g/mol. The van der Waals surface area contributed by atoms with Gasteiger partial charge in [0.25, 0.3) is 0 Å². The van der Waals surface area contributed by atoms with Gasteiger partial charge < -0.3 is 20.6 Å². The fourth-order valence-electron chi connectivity index (χ4n) is 1.93. The van der Waals surface area contributed by atoms with Crippen LogP contribution in [0.25, 0.3) is 0 Å². The Hall–Kier alpha value is -1.43. The largest absolute Gasteiger partial charge is 0.396 e. The van der Waals surface area contributed by atoms with Crippen molar-refractivity contribution < 1.29 is 20.1 Å². The van der Waals surface area contributed by atoms with E-state index in [-0.39, 0.29) is 18.9 Å². The van der Waals surface area contributed by atoms with E-state index in [1.807, 2.05) is 12.1 Å². The van der Waals surface area contributed by atoms with Crippen molar-refractivity contribution in [3.8, 4) is 0 Å². The highest BCUT2D eigenvalue weighted by Gasteiger charge is 2.20. The SMILES string of the molecule is CC(=O)NCCC(O)C(O)c1ccccc1CCO. The molecule has 1 amide bonds. The lowest BCUT2D eigenvalue weighted by Gasteiger charge is -2.20. The molecule has 1 aromatic rings. The molecule has 0 spiro atoms. The highest BCUT2D eigenvalue weighted by molar-refractivity contribution is 5.72. The smallest absolute Gasteiger partial charge is 0.216 e. The molecule has 4 N–H and O–H groups in total. The molecule has 0 aliphatic rings. The molecule has 0 aliphatic carbocycles. The van der Waals surface area contributed by atoms with Crippen molar-refractivity contribution in [3.63, 3.8) is 0 Å². The van der Waals surface area contributed by atoms with Gasteiger partial charge in [0.05, 0.1) is 6.10 Å². The van der Waals surface area contributed by atoms with E-state index in [0.717, 1.165) is 5.56 Å². The average molecular weight is 267 g/mol. The van der Waals surface area contributed by atoms with Crippen LogP contribution in [0.1, 0.15) is 30.6 Å². The maximum absolute atomic E-state index is 10.7. The van der Waals surface area contributed by atoms with Crippen LogP contribution < -0.4 is 5.32 Å². The van der Waals surface area contributed by atoms with E-state index < -0.39 is 12.2 Å². The molecular formula is C14H21NO4. The average Bonchev–Trinajstić information content (AvgIpc) is 2.38. The molecule has 0 saturated carbocycles. The summed E-state index contributed by atoms with van der Waals surface area (Å²) >= 11 is 0. The van der Waals surface area contributed by atoms with Gasteiger partial charge in [0.2, 0.25) is 5.91 Å². The molecule has 0 fully saturated rings. The maximum atomic E-state index is 10.7. The van der Waals surface area contributed by atoms with Gasteiger partial charge in [-0.15, -0.1) is 0 Å². The number of amides is 1. The van der Waals surface area contributed by atoms with Gasteiger partial charge in [0.15, 0.2) is 0 Å². The monoisotopic (exact) mass is 267 g/mol. The van der Waals surface area contributed by atoms with E-state index in [1.165, 1.54) is 6.92 Å². The summed E-state index contributed by atoms with van der Waals surface area (Å²) < 4.78 is 0. The zero-order valence-electron chi connectivity index (χ0n) is 11.0. The number of hydrogen-bond donors (Lipinski definition) is 4. The van der Waals surface area contributed by atoms with E-state index in [0.29, 0.717) is 18.5 Å². The molecule has 0 aromatic heterocycles. The molecule has 106 valence electrons. The third-order valence-electron chi connectivity index (χ3n) is 2.93. The Kier molecular flexibility index (Phi) is 6.49. The second-order valence-corrected chi connectivity index (χ2v) is 4.46. The lowest BCUT2D eigenvalue weighted by molar-refractivity contribution is -0.119. The number of rotatable bonds is 7. The van der Waals surface area contributed by atoms with Crippen molar-refractivity contribution >= 4 is 5.91 Å². The first-order valence-corrected chi connectivity index (χ1v) is 6.35. The summed E-state index contributed by atoms with van der Waals surface area (Å²) in [6.45, 7) is 1.71. The van der Waals surface area contributed by atoms with Crippen LogP contribution in [0.4, 0.5) is 0 Å². The maximum Gasteiger partial charge on any atom is 0.216 e. The van der Waals surface area contributed by atoms with Crippen molar-refractivity contribution in [2.45, 2.75) is 32.0 Å². The van der Waals surface area contributed by atoms with Crippen LogP contribution in [-0.2, 0) is 11.2 Å². The molecule has 1 rings (SSSR count). The number of nitrogens with one attached hydrogen (secondary N) is 1. The summed E-state index contributed by atoms with van der Waals surface area (Å²) in [6.07, 6.45) is -1.26. The van der Waals surface area contributed by atoms with Crippen LogP contribution in [0.2, 0.25) is 0 Å². The van der Waals surface area contributed by atoms with Crippen molar-refractivity contribution in [3.05, 3.63) is 35.4 Å². The molecule has 5 nitrogen and oxygen atoms in total. The first-order valence-electron chi connectivity index (χ1n) is 6.35. The predicted molar refractivity (Wildman–Crippen MR) is 71.5 cm³/mol. The summed E-state index contributed by atoms with van der Waals surface area (Å²) in [6, 6.07) is 7.15. The number of aliphatic hydroxyl groups excluding tert-OH is 3. The number of carbonyl (C=O) groups is 1. The minimum Gasteiger partial charge on any atom is -0.396 e. The van der Waals surface area contributed by atoms with Crippen LogP contribution in [0.15, 0.2) is 24.3 Å². The first-order chi connectivity index (χ1) is 9.06. The number of benzene rings is 1. The van der Waals surface area contributed by atoms with Crippen molar-refractivity contribution in [2.24, 2.45) is 0 Å². The third-order valence-corrected chi connectivity index (χ3v) is 2.93. The highest BCUT2D eigenvalue weighted by atomic mass is 16.3. The summed E-state index contributed by atoms with van der Waals surface area (Å²) in [5.41, 5.74) is 1.43. The van der Waals surface area contributed by atoms with Crippen LogP contribution in [0.3, 0.4) is 0 Å². The highest BCUT2D eigenvalue weighted by Crippen LogP contribution is 2.22. The lowest BCUT2D eigenvalue weighted by Crippen LogP contribution is -2.28. The standard InChI is InChI=1S/C14H21NO4/c1-10(17)15-8-6-13(18)14(19)12-5-3-2-4-11(12)7-9-16/h2-5,13-14,16,18-19H,6-9H2,1H3,(H,15,17). The second-order valence-electron chi connectivity index (χ2n) is 4.46. The Morgan fingerprint density at radius 1 is 1.32 bits per heavy atom. The summed E-state index contributed by atoms with van der Waals surface area (Å²) in [5.74, 6) is -0.164. The fourth-order valence-corrected chi connectivity index (χ4v) is 1.93. The van der Waals surface area contributed by atoms with Gasteiger partial charge in [0, 0.05) is 20.1 Å². The van der Waals surface area contributed by atoms with Gasteiger partial charge >= 0.3 is 0 Å². The van der Waals surface area contributed by atoms with E-state index in [4.69, 9.17) is 5.11 Å². The van der Waals surface area contributed by atoms with Crippen LogP contribution in [0, 0.1) is 0 Å². The van der Waals surface area contributed by atoms with Crippen molar-refractivity contribution in [1.29, 1.82) is 0 Å². The number of aliphatic hydroxyl groups is 3. The van der Waals surface area contributed by atoms with E-state index >= 15 is 0 Å². The molecule has 0 radical (unpaired) electrons. The Bertz CT molecular complexity index is 408. The Morgan fingerprint density at radius 3 is 2.63 bits per heavy atom. The van der Waals surface area contributed by atoms with Gasteiger partial charge in [-0.1, -0.05) is 24.3 Å². The molecule has 5 heteroatoms. The normalized spacial score (nSPS) is 13.9. The van der Waals surface area contributed by atoms with E-state index in [9.17, 15) is 15.0 Å². The summed E-state index contributed by atoms with van der Waals surface area (Å²) in [4.78, 5) is 10.7. The Morgan fingerprint density at radius 2 is 2.00 bits per heavy atom. The molecule has 0 saturated heterocycles. The number of hydrogen-bond acceptors (Lipinski definition) is 4. The van der Waals surface area contributed by atoms with Gasteiger partial charge in [-0.3, -0.25) is 4.79 Å². The molecule has 0 aliphatic heterocycles. The van der Waals surface area contributed by atoms with Gasteiger partial charge in [-0.05, 0) is 24.0 Å². The Labute approximate surface area is 112 Å². The minimum absolute atomic E-state index is 0.00821. The van der Waals surface area contributed by atoms with E-state index in [1.54, 1.807) is 12.1 Å². The van der Waals surface area contributed by atoms with Gasteiger partial charge in [-0.2, -0.15) is 0 Å². The molecule has 0 heterocycles. The minimum atomic E-state index is -1.02. The molecule has 1 aromatic carbocycles. The third kappa shape index (κ3) is 4.98. The molecule has 0 bridgehead atoms. The molecule has 19 heavy (non-hydrogen) atoms. The van der Waals surface area contributed by atoms with Crippen LogP contribution >= 0.6 is 0 Å². The zero-order chi connectivity index (χ0) is 14.3. The number of carbonyl (C=O) groups excluding carboxylic acids is 1. The van der Waals surface area contributed by atoms with Gasteiger partial charge in [-0.25, -0.2) is 0 Å². The zero-order valence-corrected chi connectivity index (χ0v) is 11.0. The van der Waals surface area contributed by atoms with Crippen LogP contribution in [-0.4, -0.2) is 40.5 Å². The predicted octanol–water partition coefficient (Wildman–Crippen LogP) is 0.142. The van der Waals surface area contributed by atoms with Crippen molar-refractivity contribution in [1.82, 2.24) is 5.32 Å². The summed E-state index contributed by atoms with van der Waals surface area (Å²) in [5, 5.41) is 31.6. The van der Waals surface area contributed by atoms with Crippen molar-refractivity contribution in [2.75, 3.05) is 13.2 Å². The first kappa shape index (κ1) is 15.6. The summed E-state index contributed by atoms with van der Waals surface area (Å²) in [7, 11) is 0. The fraction of sp³-hybridized carbons (Fsp3) is 0.500. The quantitative estimate of drug-likeness (QED) is 0.566. The molecule has 2 atom stereocenters. The van der Waals surface area contributed by atoms with Gasteiger partial charge in [0.1, 0.15) is 6.10 Å². The second kappa shape index (κ2) is 7.89. The topological polar surface area (TPSA) is 89.8 Å². The lowest BCUT2D eigenvalue weighted by atomic mass is 9.95.